The van der Waals surface area contributed by atoms with Gasteiger partial charge in [-0.1, -0.05) is 30.3 Å². The van der Waals surface area contributed by atoms with Crippen molar-refractivity contribution in [1.82, 2.24) is 0 Å². The number of ether oxygens (including phenoxy) is 1. The average molecular weight is 208 g/mol. The van der Waals surface area contributed by atoms with Crippen molar-refractivity contribution in [2.24, 2.45) is 11.5 Å². The van der Waals surface area contributed by atoms with Crippen molar-refractivity contribution < 1.29 is 9.53 Å². The molecule has 1 aromatic rings. The largest absolute Gasteiger partial charge is 0.461 e. The Kier molecular flexibility index (Phi) is 4.80. The number of rotatable bonds is 5. The minimum atomic E-state index is -0.450. The highest BCUT2D eigenvalue weighted by Crippen LogP contribution is 2.02. The molecule has 15 heavy (non-hydrogen) atoms. The fourth-order valence-electron chi connectivity index (χ4n) is 1.09. The number of benzene rings is 1. The number of carbonyl (C=O) groups is 1. The summed E-state index contributed by atoms with van der Waals surface area (Å²) >= 11 is 0. The van der Waals surface area contributed by atoms with E-state index in [0.717, 1.165) is 5.56 Å². The van der Waals surface area contributed by atoms with Crippen LogP contribution in [0.4, 0.5) is 0 Å². The van der Waals surface area contributed by atoms with Crippen LogP contribution in [0.5, 0.6) is 0 Å². The minimum absolute atomic E-state index is 0.264. The van der Waals surface area contributed by atoms with Gasteiger partial charge in [0.25, 0.3) is 0 Å². The number of hydrogen-bond donors (Lipinski definition) is 2. The third kappa shape index (κ3) is 5.15. The van der Waals surface area contributed by atoms with Crippen molar-refractivity contribution in [3.05, 3.63) is 35.9 Å². The smallest absolute Gasteiger partial charge is 0.306 e. The highest BCUT2D eigenvalue weighted by molar-refractivity contribution is 5.69. The number of esters is 1. The van der Waals surface area contributed by atoms with E-state index in [-0.39, 0.29) is 12.4 Å². The first kappa shape index (κ1) is 11.7. The zero-order valence-corrected chi connectivity index (χ0v) is 8.56. The van der Waals surface area contributed by atoms with E-state index < -0.39 is 6.17 Å². The summed E-state index contributed by atoms with van der Waals surface area (Å²) in [6, 6.07) is 9.53. The van der Waals surface area contributed by atoms with Gasteiger partial charge in [-0.05, 0) is 12.0 Å². The number of hydrogen-bond acceptors (Lipinski definition) is 4. The summed E-state index contributed by atoms with van der Waals surface area (Å²) in [5, 5.41) is 0. The molecule has 0 saturated heterocycles. The molecule has 0 spiro atoms. The second-order valence-electron chi connectivity index (χ2n) is 3.35. The molecule has 4 N–H and O–H groups in total. The molecular formula is C11H16N2O2. The van der Waals surface area contributed by atoms with Crippen molar-refractivity contribution in [1.29, 1.82) is 0 Å². The van der Waals surface area contributed by atoms with Gasteiger partial charge in [-0.25, -0.2) is 0 Å². The first-order valence-electron chi connectivity index (χ1n) is 4.89. The Labute approximate surface area is 89.2 Å². The predicted molar refractivity (Wildman–Crippen MR) is 57.6 cm³/mol. The summed E-state index contributed by atoms with van der Waals surface area (Å²) in [7, 11) is 0. The van der Waals surface area contributed by atoms with Crippen molar-refractivity contribution in [2.75, 3.05) is 0 Å². The molecule has 0 heterocycles. The molecule has 0 bridgehead atoms. The Morgan fingerprint density at radius 3 is 2.53 bits per heavy atom. The Hall–Kier alpha value is -1.39. The van der Waals surface area contributed by atoms with Gasteiger partial charge in [-0.3, -0.25) is 4.79 Å². The lowest BCUT2D eigenvalue weighted by Gasteiger charge is -2.06. The Bertz CT molecular complexity index is 299. The second kappa shape index (κ2) is 6.16. The van der Waals surface area contributed by atoms with E-state index in [2.05, 4.69) is 0 Å². The Balaban J connectivity index is 2.23. The van der Waals surface area contributed by atoms with E-state index in [1.165, 1.54) is 0 Å². The van der Waals surface area contributed by atoms with Gasteiger partial charge in [0.15, 0.2) is 0 Å². The van der Waals surface area contributed by atoms with Crippen molar-refractivity contribution in [2.45, 2.75) is 25.6 Å². The Morgan fingerprint density at radius 2 is 1.93 bits per heavy atom. The molecule has 82 valence electrons. The van der Waals surface area contributed by atoms with Gasteiger partial charge < -0.3 is 16.2 Å². The van der Waals surface area contributed by atoms with Crippen LogP contribution in [0, 0.1) is 0 Å². The van der Waals surface area contributed by atoms with Gasteiger partial charge in [-0.2, -0.15) is 0 Å². The molecule has 0 aliphatic rings. The molecular weight excluding hydrogens is 192 g/mol. The van der Waals surface area contributed by atoms with Gasteiger partial charge in [0.05, 0.1) is 6.17 Å². The third-order valence-electron chi connectivity index (χ3n) is 1.92. The number of nitrogens with two attached hydrogens (primary N) is 2. The van der Waals surface area contributed by atoms with Crippen LogP contribution in [0.25, 0.3) is 0 Å². The van der Waals surface area contributed by atoms with E-state index in [1.807, 2.05) is 30.3 Å². The van der Waals surface area contributed by atoms with Crippen LogP contribution >= 0.6 is 0 Å². The Morgan fingerprint density at radius 1 is 1.27 bits per heavy atom. The molecule has 0 aliphatic carbocycles. The normalized spacial score (nSPS) is 10.3. The van der Waals surface area contributed by atoms with E-state index in [4.69, 9.17) is 16.2 Å². The zero-order valence-electron chi connectivity index (χ0n) is 8.56. The van der Waals surface area contributed by atoms with E-state index >= 15 is 0 Å². The van der Waals surface area contributed by atoms with Crippen molar-refractivity contribution >= 4 is 5.97 Å². The standard InChI is InChI=1S/C11H16N2O2/c12-10(13)6-7-11(14)15-8-9-4-2-1-3-5-9/h1-5,10H,6-8,12-13H2. The molecule has 0 radical (unpaired) electrons. The molecule has 0 saturated carbocycles. The van der Waals surface area contributed by atoms with Crippen LogP contribution < -0.4 is 11.5 Å². The molecule has 1 rings (SSSR count). The third-order valence-corrected chi connectivity index (χ3v) is 1.92. The lowest BCUT2D eigenvalue weighted by molar-refractivity contribution is -0.145. The molecule has 0 aliphatic heterocycles. The molecule has 4 nitrogen and oxygen atoms in total. The molecule has 1 aromatic carbocycles. The molecule has 0 amide bonds. The van der Waals surface area contributed by atoms with Crippen LogP contribution in [0.2, 0.25) is 0 Å². The summed E-state index contributed by atoms with van der Waals surface area (Å²) < 4.78 is 5.03. The summed E-state index contributed by atoms with van der Waals surface area (Å²) in [6.45, 7) is 0.305. The highest BCUT2D eigenvalue weighted by atomic mass is 16.5. The van der Waals surface area contributed by atoms with Crippen LogP contribution in [0.1, 0.15) is 18.4 Å². The first-order chi connectivity index (χ1) is 7.18. The predicted octanol–water partition coefficient (Wildman–Crippen LogP) is 0.753. The lowest BCUT2D eigenvalue weighted by Crippen LogP contribution is -2.30. The summed E-state index contributed by atoms with van der Waals surface area (Å²) in [5.74, 6) is -0.264. The molecule has 0 unspecified atom stereocenters. The van der Waals surface area contributed by atoms with Crippen molar-refractivity contribution in [3.8, 4) is 0 Å². The molecule has 0 fully saturated rings. The summed E-state index contributed by atoms with van der Waals surface area (Å²) in [5.41, 5.74) is 11.6. The van der Waals surface area contributed by atoms with E-state index in [1.54, 1.807) is 0 Å². The molecule has 0 aromatic heterocycles. The summed E-state index contributed by atoms with van der Waals surface area (Å²) in [6.07, 6.45) is 0.271. The van der Waals surface area contributed by atoms with Crippen LogP contribution in [-0.2, 0) is 16.1 Å². The van der Waals surface area contributed by atoms with Crippen LogP contribution in [-0.4, -0.2) is 12.1 Å². The zero-order chi connectivity index (χ0) is 11.1. The quantitative estimate of drug-likeness (QED) is 0.553. The highest BCUT2D eigenvalue weighted by Gasteiger charge is 2.04. The second-order valence-corrected chi connectivity index (χ2v) is 3.35. The maximum absolute atomic E-state index is 11.2. The minimum Gasteiger partial charge on any atom is -0.461 e. The number of carbonyl (C=O) groups excluding carboxylic acids is 1. The molecule has 4 heteroatoms. The summed E-state index contributed by atoms with van der Waals surface area (Å²) in [4.78, 5) is 11.2. The van der Waals surface area contributed by atoms with Crippen molar-refractivity contribution in [3.63, 3.8) is 0 Å². The topological polar surface area (TPSA) is 78.3 Å². The maximum Gasteiger partial charge on any atom is 0.306 e. The average Bonchev–Trinajstić information content (AvgIpc) is 2.25. The fourth-order valence-corrected chi connectivity index (χ4v) is 1.09. The molecule has 0 atom stereocenters. The fraction of sp³-hybridized carbons (Fsp3) is 0.364. The lowest BCUT2D eigenvalue weighted by atomic mass is 10.2. The van der Waals surface area contributed by atoms with Gasteiger partial charge >= 0.3 is 5.97 Å². The monoisotopic (exact) mass is 208 g/mol. The van der Waals surface area contributed by atoms with Gasteiger partial charge in [0.1, 0.15) is 6.61 Å². The van der Waals surface area contributed by atoms with Gasteiger partial charge in [0, 0.05) is 6.42 Å². The van der Waals surface area contributed by atoms with E-state index in [9.17, 15) is 4.79 Å². The van der Waals surface area contributed by atoms with Crippen LogP contribution in [0.15, 0.2) is 30.3 Å². The van der Waals surface area contributed by atoms with Crippen LogP contribution in [0.3, 0.4) is 0 Å². The first-order valence-corrected chi connectivity index (χ1v) is 4.89. The van der Waals surface area contributed by atoms with Gasteiger partial charge in [0.2, 0.25) is 0 Å². The maximum atomic E-state index is 11.2. The van der Waals surface area contributed by atoms with Gasteiger partial charge in [-0.15, -0.1) is 0 Å². The SMILES string of the molecule is NC(N)CCC(=O)OCc1ccccc1. The van der Waals surface area contributed by atoms with E-state index in [0.29, 0.717) is 13.0 Å².